The molecule has 0 aromatic heterocycles. The quantitative estimate of drug-likeness (QED) is 0.751. The lowest BCUT2D eigenvalue weighted by Crippen LogP contribution is -2.59. The summed E-state index contributed by atoms with van der Waals surface area (Å²) in [7, 11) is 0. The van der Waals surface area contributed by atoms with Gasteiger partial charge in [-0.1, -0.05) is 20.8 Å². The fourth-order valence-corrected chi connectivity index (χ4v) is 1.49. The molecule has 0 aliphatic carbocycles. The fraction of sp³-hybridized carbons (Fsp3) is 1.00. The third kappa shape index (κ3) is 4.33. The molecule has 1 heterocycles. The van der Waals surface area contributed by atoms with Gasteiger partial charge in [-0.3, -0.25) is 4.90 Å². The number of likely N-dealkylation sites (tertiary alicyclic amines) is 1. The summed E-state index contributed by atoms with van der Waals surface area (Å²) < 4.78 is 23.9. The maximum absolute atomic E-state index is 11.9. The molecular weight excluding hydrogens is 186 g/mol. The van der Waals surface area contributed by atoms with Crippen LogP contribution in [0, 0.1) is 5.41 Å². The third-order valence-electron chi connectivity index (χ3n) is 2.27. The Kier molecular flexibility index (Phi) is 3.84. The van der Waals surface area contributed by atoms with Crippen molar-refractivity contribution in [3.63, 3.8) is 0 Å². The van der Waals surface area contributed by atoms with E-state index in [2.05, 4.69) is 26.1 Å². The van der Waals surface area contributed by atoms with Crippen LogP contribution in [0.4, 0.5) is 8.78 Å². The molecule has 0 aromatic rings. The lowest BCUT2D eigenvalue weighted by molar-refractivity contribution is 0.0371. The molecule has 0 radical (unpaired) electrons. The highest BCUT2D eigenvalue weighted by Crippen LogP contribution is 2.14. The number of nitrogens with one attached hydrogen (secondary N) is 1. The molecule has 0 atom stereocenters. The van der Waals surface area contributed by atoms with Gasteiger partial charge >= 0.3 is 0 Å². The van der Waals surface area contributed by atoms with Crippen LogP contribution in [0.5, 0.6) is 0 Å². The summed E-state index contributed by atoms with van der Waals surface area (Å²) in [6.07, 6.45) is -2.20. The number of alkyl halides is 2. The molecule has 1 N–H and O–H groups in total. The van der Waals surface area contributed by atoms with Crippen molar-refractivity contribution in [2.45, 2.75) is 33.2 Å². The van der Waals surface area contributed by atoms with Crippen molar-refractivity contribution >= 4 is 0 Å². The Balaban J connectivity index is 2.05. The van der Waals surface area contributed by atoms with Gasteiger partial charge in [0.05, 0.1) is 6.54 Å². The molecule has 1 saturated heterocycles. The Morgan fingerprint density at radius 1 is 1.36 bits per heavy atom. The first kappa shape index (κ1) is 11.9. The smallest absolute Gasteiger partial charge is 0.251 e. The molecule has 0 unspecified atom stereocenters. The molecule has 1 fully saturated rings. The van der Waals surface area contributed by atoms with Crippen LogP contribution in [-0.2, 0) is 0 Å². The Bertz CT molecular complexity index is 171. The molecule has 1 rings (SSSR count). The van der Waals surface area contributed by atoms with Crippen molar-refractivity contribution < 1.29 is 8.78 Å². The molecule has 0 spiro atoms. The van der Waals surface area contributed by atoms with E-state index >= 15 is 0 Å². The summed E-state index contributed by atoms with van der Waals surface area (Å²) >= 11 is 0. The standard InChI is InChI=1S/C10H20F2N2/c1-10(2,3)7-13-8-4-14(5-8)6-9(11)12/h8-9,13H,4-7H2,1-3H3. The molecule has 0 bridgehead atoms. The highest BCUT2D eigenvalue weighted by Gasteiger charge is 2.28. The predicted octanol–water partition coefficient (Wildman–Crippen LogP) is 1.57. The van der Waals surface area contributed by atoms with Gasteiger partial charge in [-0.15, -0.1) is 0 Å². The number of hydrogen-bond acceptors (Lipinski definition) is 2. The number of nitrogens with zero attached hydrogens (tertiary/aromatic N) is 1. The Morgan fingerprint density at radius 2 is 1.93 bits per heavy atom. The third-order valence-corrected chi connectivity index (χ3v) is 2.27. The highest BCUT2D eigenvalue weighted by molar-refractivity contribution is 4.87. The van der Waals surface area contributed by atoms with Crippen LogP contribution in [0.25, 0.3) is 0 Å². The molecule has 84 valence electrons. The van der Waals surface area contributed by atoms with Gasteiger partial charge in [-0.25, -0.2) is 8.78 Å². The zero-order chi connectivity index (χ0) is 10.8. The minimum atomic E-state index is -2.20. The largest absolute Gasteiger partial charge is 0.311 e. The first-order chi connectivity index (χ1) is 6.37. The van der Waals surface area contributed by atoms with Gasteiger partial charge in [-0.2, -0.15) is 0 Å². The van der Waals surface area contributed by atoms with Gasteiger partial charge in [0.15, 0.2) is 0 Å². The van der Waals surface area contributed by atoms with Crippen LogP contribution in [0.15, 0.2) is 0 Å². The lowest BCUT2D eigenvalue weighted by atomic mass is 9.96. The highest BCUT2D eigenvalue weighted by atomic mass is 19.3. The molecule has 1 aliphatic heterocycles. The van der Waals surface area contributed by atoms with E-state index in [0.29, 0.717) is 6.04 Å². The van der Waals surface area contributed by atoms with Gasteiger partial charge in [-0.05, 0) is 5.41 Å². The van der Waals surface area contributed by atoms with Crippen LogP contribution in [0.3, 0.4) is 0 Å². The molecule has 1 aliphatic rings. The van der Waals surface area contributed by atoms with E-state index in [1.807, 2.05) is 0 Å². The van der Waals surface area contributed by atoms with E-state index in [4.69, 9.17) is 0 Å². The van der Waals surface area contributed by atoms with Crippen LogP contribution < -0.4 is 5.32 Å². The van der Waals surface area contributed by atoms with Gasteiger partial charge in [0.1, 0.15) is 0 Å². The lowest BCUT2D eigenvalue weighted by Gasteiger charge is -2.40. The SMILES string of the molecule is CC(C)(C)CNC1CN(CC(F)F)C1. The summed E-state index contributed by atoms with van der Waals surface area (Å²) in [6, 6.07) is 0.410. The monoisotopic (exact) mass is 206 g/mol. The molecule has 4 heteroatoms. The van der Waals surface area contributed by atoms with Crippen molar-refractivity contribution in [2.24, 2.45) is 5.41 Å². The van der Waals surface area contributed by atoms with Crippen LogP contribution >= 0.6 is 0 Å². The van der Waals surface area contributed by atoms with E-state index in [0.717, 1.165) is 19.6 Å². The van der Waals surface area contributed by atoms with Gasteiger partial charge < -0.3 is 5.32 Å². The average Bonchev–Trinajstić information content (AvgIpc) is 1.90. The molecule has 0 saturated carbocycles. The summed E-state index contributed by atoms with van der Waals surface area (Å²) in [5.74, 6) is 0. The fourth-order valence-electron chi connectivity index (χ4n) is 1.49. The maximum atomic E-state index is 11.9. The summed E-state index contributed by atoms with van der Waals surface area (Å²) in [5, 5.41) is 3.38. The molecule has 14 heavy (non-hydrogen) atoms. The molecule has 2 nitrogen and oxygen atoms in total. The number of rotatable bonds is 4. The normalized spacial score (nSPS) is 20.1. The van der Waals surface area contributed by atoms with Crippen LogP contribution in [-0.4, -0.2) is 43.5 Å². The first-order valence-corrected chi connectivity index (χ1v) is 5.11. The zero-order valence-electron chi connectivity index (χ0n) is 9.19. The van der Waals surface area contributed by atoms with E-state index in [1.165, 1.54) is 0 Å². The minimum absolute atomic E-state index is 0.0757. The summed E-state index contributed by atoms with van der Waals surface area (Å²) in [4.78, 5) is 1.78. The topological polar surface area (TPSA) is 15.3 Å². The zero-order valence-corrected chi connectivity index (χ0v) is 9.19. The van der Waals surface area contributed by atoms with Crippen molar-refractivity contribution in [3.05, 3.63) is 0 Å². The average molecular weight is 206 g/mol. The van der Waals surface area contributed by atoms with Crippen LogP contribution in [0.2, 0.25) is 0 Å². The van der Waals surface area contributed by atoms with Crippen molar-refractivity contribution in [1.29, 1.82) is 0 Å². The van der Waals surface area contributed by atoms with Crippen molar-refractivity contribution in [1.82, 2.24) is 10.2 Å². The van der Waals surface area contributed by atoms with E-state index in [-0.39, 0.29) is 12.0 Å². The minimum Gasteiger partial charge on any atom is -0.311 e. The number of halogens is 2. The van der Waals surface area contributed by atoms with Crippen LogP contribution in [0.1, 0.15) is 20.8 Å². The van der Waals surface area contributed by atoms with Gasteiger partial charge in [0.25, 0.3) is 6.43 Å². The number of hydrogen-bond donors (Lipinski definition) is 1. The second-order valence-electron chi connectivity index (χ2n) is 5.25. The van der Waals surface area contributed by atoms with E-state index < -0.39 is 6.43 Å². The molecule has 0 aromatic carbocycles. The second-order valence-corrected chi connectivity index (χ2v) is 5.25. The Morgan fingerprint density at radius 3 is 2.36 bits per heavy atom. The maximum Gasteiger partial charge on any atom is 0.251 e. The second kappa shape index (κ2) is 4.53. The molecular formula is C10H20F2N2. The Labute approximate surface area is 84.7 Å². The van der Waals surface area contributed by atoms with E-state index in [9.17, 15) is 8.78 Å². The molecule has 0 amide bonds. The first-order valence-electron chi connectivity index (χ1n) is 5.11. The van der Waals surface area contributed by atoms with Crippen molar-refractivity contribution in [2.75, 3.05) is 26.2 Å². The van der Waals surface area contributed by atoms with Crippen molar-refractivity contribution in [3.8, 4) is 0 Å². The van der Waals surface area contributed by atoms with Gasteiger partial charge in [0, 0.05) is 25.7 Å². The van der Waals surface area contributed by atoms with E-state index in [1.54, 1.807) is 4.90 Å². The van der Waals surface area contributed by atoms with Gasteiger partial charge in [0.2, 0.25) is 0 Å². The Hall–Kier alpha value is -0.220. The summed E-state index contributed by atoms with van der Waals surface area (Å²) in [5.41, 5.74) is 0.267. The predicted molar refractivity (Wildman–Crippen MR) is 53.7 cm³/mol. The summed E-state index contributed by atoms with van der Waals surface area (Å²) in [6.45, 7) is 8.88.